The molecule has 0 radical (unpaired) electrons. The number of amides is 1. The van der Waals surface area contributed by atoms with E-state index in [4.69, 9.17) is 0 Å². The first kappa shape index (κ1) is 21.0. The normalized spacial score (nSPS) is 16.8. The molecule has 0 saturated carbocycles. The van der Waals surface area contributed by atoms with Crippen molar-refractivity contribution >= 4 is 17.5 Å². The molecular weight excluding hydrogens is 418 g/mol. The number of nitrogens with one attached hydrogen (secondary N) is 1. The van der Waals surface area contributed by atoms with Gasteiger partial charge in [0, 0.05) is 57.2 Å². The van der Waals surface area contributed by atoms with Crippen molar-refractivity contribution in [2.24, 2.45) is 0 Å². The number of aromatic nitrogens is 6. The van der Waals surface area contributed by atoms with Crippen molar-refractivity contribution < 1.29 is 4.79 Å². The maximum absolute atomic E-state index is 12.8. The summed E-state index contributed by atoms with van der Waals surface area (Å²) in [4.78, 5) is 30.1. The second kappa shape index (κ2) is 9.29. The highest BCUT2D eigenvalue weighted by atomic mass is 16.1. The first-order valence-corrected chi connectivity index (χ1v) is 10.9. The maximum Gasteiger partial charge on any atom is 0.252 e. The minimum Gasteiger partial charge on any atom is -0.352 e. The molecule has 1 N–H and O–H groups in total. The lowest BCUT2D eigenvalue weighted by Crippen LogP contribution is -2.47. The van der Waals surface area contributed by atoms with Crippen molar-refractivity contribution in [3.63, 3.8) is 0 Å². The quantitative estimate of drug-likeness (QED) is 0.477. The molecule has 1 amide bonds. The molecule has 1 aliphatic heterocycles. The molecule has 0 spiro atoms. The van der Waals surface area contributed by atoms with Crippen LogP contribution in [-0.2, 0) is 6.42 Å². The van der Waals surface area contributed by atoms with E-state index in [9.17, 15) is 4.79 Å². The number of pyridine rings is 2. The second-order valence-electron chi connectivity index (χ2n) is 8.06. The summed E-state index contributed by atoms with van der Waals surface area (Å²) in [5, 5.41) is 11.8. The number of hydrogen-bond donors (Lipinski definition) is 1. The van der Waals surface area contributed by atoms with Crippen LogP contribution in [0.4, 0.5) is 5.95 Å². The number of carbonyl (C=O) groups is 1. The van der Waals surface area contributed by atoms with Gasteiger partial charge in [0.25, 0.3) is 5.91 Å². The summed E-state index contributed by atoms with van der Waals surface area (Å²) in [6.45, 7) is 2.89. The number of nitrogens with zero attached hydrogens (tertiary/aromatic N) is 8. The van der Waals surface area contributed by atoms with Crippen LogP contribution in [0, 0.1) is 0 Å². The number of fused-ring (bicyclic) bond motifs is 1. The minimum atomic E-state index is -0.128. The predicted octanol–water partition coefficient (Wildman–Crippen LogP) is 1.38. The summed E-state index contributed by atoms with van der Waals surface area (Å²) in [7, 11) is 2.07. The van der Waals surface area contributed by atoms with E-state index in [2.05, 4.69) is 47.3 Å². The Morgan fingerprint density at radius 3 is 2.79 bits per heavy atom. The van der Waals surface area contributed by atoms with Gasteiger partial charge in [-0.3, -0.25) is 19.1 Å². The molecule has 0 aromatic carbocycles. The van der Waals surface area contributed by atoms with Gasteiger partial charge in [0.2, 0.25) is 5.95 Å². The Kier molecular flexibility index (Phi) is 5.90. The zero-order chi connectivity index (χ0) is 22.6. The number of piperazine rings is 1. The van der Waals surface area contributed by atoms with Crippen LogP contribution in [0.5, 0.6) is 0 Å². The fourth-order valence-electron chi connectivity index (χ4n) is 4.03. The number of rotatable bonds is 6. The summed E-state index contributed by atoms with van der Waals surface area (Å²) in [5.41, 5.74) is 2.36. The fourth-order valence-corrected chi connectivity index (χ4v) is 4.03. The molecular formula is C23H25N9O. The summed E-state index contributed by atoms with van der Waals surface area (Å²) in [6, 6.07) is 9.30. The van der Waals surface area contributed by atoms with Gasteiger partial charge in [0.15, 0.2) is 11.5 Å². The molecule has 1 atom stereocenters. The van der Waals surface area contributed by atoms with Crippen molar-refractivity contribution in [2.75, 3.05) is 38.1 Å². The summed E-state index contributed by atoms with van der Waals surface area (Å²) in [6.07, 6.45) is 9.60. The van der Waals surface area contributed by atoms with E-state index < -0.39 is 0 Å². The highest BCUT2D eigenvalue weighted by Gasteiger charge is 2.30. The lowest BCUT2D eigenvalue weighted by Gasteiger charge is -2.38. The van der Waals surface area contributed by atoms with E-state index >= 15 is 0 Å². The van der Waals surface area contributed by atoms with Crippen molar-refractivity contribution in [3.05, 3.63) is 78.3 Å². The van der Waals surface area contributed by atoms with E-state index in [-0.39, 0.29) is 11.9 Å². The summed E-state index contributed by atoms with van der Waals surface area (Å²) >= 11 is 0. The van der Waals surface area contributed by atoms with Crippen LogP contribution >= 0.6 is 0 Å². The van der Waals surface area contributed by atoms with Gasteiger partial charge in [-0.05, 0) is 43.3 Å². The van der Waals surface area contributed by atoms with E-state index in [1.165, 1.54) is 0 Å². The molecule has 10 nitrogen and oxygen atoms in total. The Bertz CT molecular complexity index is 1230. The van der Waals surface area contributed by atoms with Crippen LogP contribution in [0.15, 0.2) is 61.3 Å². The molecule has 5 heterocycles. The van der Waals surface area contributed by atoms with Crippen molar-refractivity contribution in [1.82, 2.24) is 39.8 Å². The molecule has 5 rings (SSSR count). The summed E-state index contributed by atoms with van der Waals surface area (Å²) < 4.78 is 1.91. The number of hydrogen-bond acceptors (Lipinski definition) is 8. The highest BCUT2D eigenvalue weighted by Crippen LogP contribution is 2.25. The van der Waals surface area contributed by atoms with E-state index in [0.29, 0.717) is 30.2 Å². The second-order valence-corrected chi connectivity index (χ2v) is 8.06. The first-order valence-electron chi connectivity index (χ1n) is 10.9. The van der Waals surface area contributed by atoms with Gasteiger partial charge >= 0.3 is 0 Å². The van der Waals surface area contributed by atoms with E-state index in [1.54, 1.807) is 24.7 Å². The molecule has 0 aliphatic carbocycles. The van der Waals surface area contributed by atoms with Crippen LogP contribution < -0.4 is 10.2 Å². The van der Waals surface area contributed by atoms with E-state index in [0.717, 1.165) is 30.9 Å². The van der Waals surface area contributed by atoms with E-state index in [1.807, 2.05) is 41.1 Å². The predicted molar refractivity (Wildman–Crippen MR) is 123 cm³/mol. The standard InChI is InChI=1S/C23H25N9O/c1-30-12-13-31(23-26-9-3-10-27-23)16-19(30)21-29-28-20-6-5-18(15-32(20)21)22(33)25-11-7-17-4-2-8-24-14-17/h2-6,8-10,14-15,19H,7,11-13,16H2,1H3,(H,25,33)/t19-/m0/s1. The van der Waals surface area contributed by atoms with Gasteiger partial charge in [-0.1, -0.05) is 6.07 Å². The monoisotopic (exact) mass is 443 g/mol. The number of carbonyl (C=O) groups excluding carboxylic acids is 1. The van der Waals surface area contributed by atoms with Crippen LogP contribution in [0.1, 0.15) is 27.8 Å². The first-order chi connectivity index (χ1) is 16.2. The summed E-state index contributed by atoms with van der Waals surface area (Å²) in [5.74, 6) is 1.37. The smallest absolute Gasteiger partial charge is 0.252 e. The Hall–Kier alpha value is -3.92. The molecule has 168 valence electrons. The Morgan fingerprint density at radius 2 is 1.97 bits per heavy atom. The maximum atomic E-state index is 12.8. The van der Waals surface area contributed by atoms with Crippen LogP contribution in [0.2, 0.25) is 0 Å². The Labute approximate surface area is 191 Å². The van der Waals surface area contributed by atoms with Gasteiger partial charge in [-0.25, -0.2) is 9.97 Å². The molecule has 4 aromatic rings. The highest BCUT2D eigenvalue weighted by molar-refractivity contribution is 5.94. The van der Waals surface area contributed by atoms with Gasteiger partial charge < -0.3 is 10.2 Å². The Morgan fingerprint density at radius 1 is 1.09 bits per heavy atom. The van der Waals surface area contributed by atoms with Crippen molar-refractivity contribution in [1.29, 1.82) is 0 Å². The molecule has 10 heteroatoms. The lowest BCUT2D eigenvalue weighted by molar-refractivity contribution is 0.0953. The zero-order valence-corrected chi connectivity index (χ0v) is 18.4. The number of anilines is 1. The molecule has 0 unspecified atom stereocenters. The average molecular weight is 444 g/mol. The van der Waals surface area contributed by atoms with Gasteiger partial charge in [-0.15, -0.1) is 10.2 Å². The SMILES string of the molecule is CN1CCN(c2ncccn2)C[C@H]1c1nnc2ccc(C(=O)NCCc3cccnc3)cn12. The molecule has 1 aliphatic rings. The van der Waals surface area contributed by atoms with Crippen molar-refractivity contribution in [3.8, 4) is 0 Å². The van der Waals surface area contributed by atoms with Crippen LogP contribution in [0.25, 0.3) is 5.65 Å². The van der Waals surface area contributed by atoms with Crippen LogP contribution in [-0.4, -0.2) is 73.6 Å². The van der Waals surface area contributed by atoms with Crippen LogP contribution in [0.3, 0.4) is 0 Å². The molecule has 4 aromatic heterocycles. The molecule has 1 fully saturated rings. The zero-order valence-electron chi connectivity index (χ0n) is 18.4. The van der Waals surface area contributed by atoms with Gasteiger partial charge in [0.05, 0.1) is 11.6 Å². The number of likely N-dealkylation sites (N-methyl/N-ethyl adjacent to an activating group) is 1. The topological polar surface area (TPSA) is 104 Å². The van der Waals surface area contributed by atoms with Gasteiger partial charge in [-0.2, -0.15) is 0 Å². The Balaban J connectivity index is 1.33. The minimum absolute atomic E-state index is 0.0125. The molecule has 0 bridgehead atoms. The third kappa shape index (κ3) is 4.51. The third-order valence-electron chi connectivity index (χ3n) is 5.89. The fraction of sp³-hybridized carbons (Fsp3) is 0.304. The lowest BCUT2D eigenvalue weighted by atomic mass is 10.1. The molecule has 33 heavy (non-hydrogen) atoms. The van der Waals surface area contributed by atoms with Crippen molar-refractivity contribution in [2.45, 2.75) is 12.5 Å². The van der Waals surface area contributed by atoms with Gasteiger partial charge in [0.1, 0.15) is 0 Å². The largest absolute Gasteiger partial charge is 0.352 e. The third-order valence-corrected chi connectivity index (χ3v) is 5.89. The molecule has 1 saturated heterocycles. The average Bonchev–Trinajstić information content (AvgIpc) is 3.28.